The van der Waals surface area contributed by atoms with E-state index in [1.165, 1.54) is 16.8 Å². The third kappa shape index (κ3) is 3.83. The summed E-state index contributed by atoms with van der Waals surface area (Å²) in [6, 6.07) is 18.9. The number of aromatic nitrogens is 4. The lowest BCUT2D eigenvalue weighted by atomic mass is 10.1. The fourth-order valence-electron chi connectivity index (χ4n) is 3.59. The number of carbonyl (C=O) groups is 1. The summed E-state index contributed by atoms with van der Waals surface area (Å²) in [4.78, 5) is 31.4. The summed E-state index contributed by atoms with van der Waals surface area (Å²) >= 11 is 6.23. The topological polar surface area (TPSA) is 104 Å². The van der Waals surface area contributed by atoms with Crippen LogP contribution in [0.5, 0.6) is 0 Å². The number of nitro benzene ring substituents is 1. The Hall–Kier alpha value is -4.43. The quantitative estimate of drug-likeness (QED) is 0.196. The van der Waals surface area contributed by atoms with Crippen LogP contribution in [0.4, 0.5) is 5.69 Å². The smallest absolute Gasteiger partial charge is 0.269 e. The second-order valence-electron chi connectivity index (χ2n) is 7.22. The molecule has 2 aromatic carbocycles. The molecule has 0 saturated carbocycles. The Balaban J connectivity index is 1.71. The molecule has 0 fully saturated rings. The van der Waals surface area contributed by atoms with E-state index >= 15 is 0 Å². The number of nitrogens with zero attached hydrogens (tertiary/aromatic N) is 5. The first-order valence-electron chi connectivity index (χ1n) is 9.85. The van der Waals surface area contributed by atoms with Crippen LogP contribution < -0.4 is 0 Å². The van der Waals surface area contributed by atoms with E-state index in [2.05, 4.69) is 10.1 Å². The van der Waals surface area contributed by atoms with Crippen molar-refractivity contribution in [2.24, 2.45) is 0 Å². The molecule has 5 rings (SSSR count). The van der Waals surface area contributed by atoms with E-state index in [0.717, 1.165) is 16.5 Å². The highest BCUT2D eigenvalue weighted by molar-refractivity contribution is 6.30. The molecular weight excluding hydrogens is 442 g/mol. The van der Waals surface area contributed by atoms with Gasteiger partial charge in [0.15, 0.2) is 17.8 Å². The zero-order valence-corrected chi connectivity index (χ0v) is 17.7. The van der Waals surface area contributed by atoms with Crippen LogP contribution in [0.15, 0.2) is 79.1 Å². The molecule has 0 spiro atoms. The van der Waals surface area contributed by atoms with Crippen molar-refractivity contribution < 1.29 is 9.72 Å². The molecule has 33 heavy (non-hydrogen) atoms. The standard InChI is InChI=1S/C24H14ClN5O3/c25-19-5-1-3-16(11-19)21-12-17-4-2-10-26-23(17)27-24(21)29-13-18(14-31)22(28-29)15-6-8-20(9-7-15)30(32)33/h1-14H. The number of aldehydes is 1. The third-order valence-electron chi connectivity index (χ3n) is 5.14. The van der Waals surface area contributed by atoms with Gasteiger partial charge in [0.25, 0.3) is 5.69 Å². The Bertz CT molecular complexity index is 1530. The third-order valence-corrected chi connectivity index (χ3v) is 5.38. The molecule has 3 aromatic heterocycles. The summed E-state index contributed by atoms with van der Waals surface area (Å²) in [5.41, 5.74) is 3.35. The Labute approximate surface area is 192 Å². The summed E-state index contributed by atoms with van der Waals surface area (Å²) < 4.78 is 1.52. The van der Waals surface area contributed by atoms with Crippen LogP contribution in [0.3, 0.4) is 0 Å². The number of rotatable bonds is 5. The predicted molar refractivity (Wildman–Crippen MR) is 125 cm³/mol. The summed E-state index contributed by atoms with van der Waals surface area (Å²) in [5, 5.41) is 17.0. The summed E-state index contributed by atoms with van der Waals surface area (Å²) in [5.74, 6) is 0.472. The molecule has 160 valence electrons. The summed E-state index contributed by atoms with van der Waals surface area (Å²) in [7, 11) is 0. The molecule has 0 unspecified atom stereocenters. The van der Waals surface area contributed by atoms with Crippen molar-refractivity contribution in [2.75, 3.05) is 0 Å². The minimum atomic E-state index is -0.480. The molecule has 9 heteroatoms. The fourth-order valence-corrected chi connectivity index (χ4v) is 3.78. The molecule has 0 saturated heterocycles. The number of halogens is 1. The minimum Gasteiger partial charge on any atom is -0.298 e. The van der Waals surface area contributed by atoms with Gasteiger partial charge in [-0.25, -0.2) is 14.6 Å². The van der Waals surface area contributed by atoms with E-state index in [0.29, 0.717) is 39.6 Å². The summed E-state index contributed by atoms with van der Waals surface area (Å²) in [6.45, 7) is 0. The van der Waals surface area contributed by atoms with Gasteiger partial charge in [-0.2, -0.15) is 5.10 Å². The molecule has 0 aliphatic rings. The molecule has 0 radical (unpaired) electrons. The number of fused-ring (bicyclic) bond motifs is 1. The Kier molecular flexibility index (Phi) is 5.12. The van der Waals surface area contributed by atoms with Crippen LogP contribution in [0.2, 0.25) is 5.02 Å². The number of benzene rings is 2. The highest BCUT2D eigenvalue weighted by atomic mass is 35.5. The maximum atomic E-state index is 11.8. The molecule has 0 bridgehead atoms. The molecule has 0 atom stereocenters. The molecule has 3 heterocycles. The Morgan fingerprint density at radius 3 is 2.55 bits per heavy atom. The van der Waals surface area contributed by atoms with Gasteiger partial charge in [-0.05, 0) is 48.0 Å². The van der Waals surface area contributed by atoms with Gasteiger partial charge in [0.2, 0.25) is 0 Å². The van der Waals surface area contributed by atoms with E-state index in [1.54, 1.807) is 30.6 Å². The fraction of sp³-hybridized carbons (Fsp3) is 0. The maximum Gasteiger partial charge on any atom is 0.269 e. The average molecular weight is 456 g/mol. The molecular formula is C24H14ClN5O3. The highest BCUT2D eigenvalue weighted by Crippen LogP contribution is 2.32. The molecule has 0 amide bonds. The van der Waals surface area contributed by atoms with Gasteiger partial charge in [0.05, 0.1) is 10.5 Å². The normalized spacial score (nSPS) is 10.9. The first-order valence-corrected chi connectivity index (χ1v) is 10.2. The SMILES string of the molecule is O=Cc1cn(-c2nc3ncccc3cc2-c2cccc(Cl)c2)nc1-c1ccc([N+](=O)[O-])cc1. The van der Waals surface area contributed by atoms with Crippen molar-refractivity contribution in [3.63, 3.8) is 0 Å². The Morgan fingerprint density at radius 2 is 1.82 bits per heavy atom. The van der Waals surface area contributed by atoms with Crippen molar-refractivity contribution in [1.82, 2.24) is 19.7 Å². The molecule has 5 aromatic rings. The molecule has 0 N–H and O–H groups in total. The van der Waals surface area contributed by atoms with Gasteiger partial charge in [0, 0.05) is 46.1 Å². The maximum absolute atomic E-state index is 11.8. The Morgan fingerprint density at radius 1 is 1.00 bits per heavy atom. The lowest BCUT2D eigenvalue weighted by molar-refractivity contribution is -0.384. The summed E-state index contributed by atoms with van der Waals surface area (Å²) in [6.07, 6.45) is 3.92. The number of hydrogen-bond acceptors (Lipinski definition) is 6. The first kappa shape index (κ1) is 20.5. The monoisotopic (exact) mass is 455 g/mol. The first-order chi connectivity index (χ1) is 16.0. The highest BCUT2D eigenvalue weighted by Gasteiger charge is 2.18. The number of non-ortho nitro benzene ring substituents is 1. The van der Waals surface area contributed by atoms with Gasteiger partial charge in [0.1, 0.15) is 5.69 Å². The zero-order valence-electron chi connectivity index (χ0n) is 16.9. The van der Waals surface area contributed by atoms with Crippen molar-refractivity contribution >= 4 is 34.6 Å². The molecule has 8 nitrogen and oxygen atoms in total. The van der Waals surface area contributed by atoms with Crippen molar-refractivity contribution in [1.29, 1.82) is 0 Å². The average Bonchev–Trinajstić information content (AvgIpc) is 3.27. The second kappa shape index (κ2) is 8.25. The van der Waals surface area contributed by atoms with E-state index in [1.807, 2.05) is 36.4 Å². The number of carbonyl (C=O) groups excluding carboxylic acids is 1. The van der Waals surface area contributed by atoms with Crippen molar-refractivity contribution in [2.45, 2.75) is 0 Å². The second-order valence-corrected chi connectivity index (χ2v) is 7.66. The van der Waals surface area contributed by atoms with Crippen LogP contribution in [-0.4, -0.2) is 31.0 Å². The van der Waals surface area contributed by atoms with Gasteiger partial charge < -0.3 is 0 Å². The lowest BCUT2D eigenvalue weighted by Gasteiger charge is -2.11. The van der Waals surface area contributed by atoms with Crippen LogP contribution in [0, 0.1) is 10.1 Å². The number of nitro groups is 1. The number of pyridine rings is 2. The minimum absolute atomic E-state index is 0.0450. The van der Waals surface area contributed by atoms with Crippen LogP contribution in [-0.2, 0) is 0 Å². The zero-order chi connectivity index (χ0) is 22.9. The van der Waals surface area contributed by atoms with Gasteiger partial charge in [-0.3, -0.25) is 14.9 Å². The predicted octanol–water partition coefficient (Wildman–Crippen LogP) is 5.52. The van der Waals surface area contributed by atoms with Crippen molar-refractivity contribution in [3.8, 4) is 28.2 Å². The van der Waals surface area contributed by atoms with Gasteiger partial charge in [-0.1, -0.05) is 23.7 Å². The van der Waals surface area contributed by atoms with E-state index in [9.17, 15) is 14.9 Å². The van der Waals surface area contributed by atoms with Gasteiger partial charge >= 0.3 is 0 Å². The largest absolute Gasteiger partial charge is 0.298 e. The molecule has 0 aliphatic heterocycles. The van der Waals surface area contributed by atoms with E-state index in [4.69, 9.17) is 16.6 Å². The van der Waals surface area contributed by atoms with Crippen LogP contribution >= 0.6 is 11.6 Å². The van der Waals surface area contributed by atoms with Crippen LogP contribution in [0.1, 0.15) is 10.4 Å². The number of hydrogen-bond donors (Lipinski definition) is 0. The van der Waals surface area contributed by atoms with Gasteiger partial charge in [-0.15, -0.1) is 0 Å². The van der Waals surface area contributed by atoms with E-state index < -0.39 is 4.92 Å². The molecule has 0 aliphatic carbocycles. The van der Waals surface area contributed by atoms with Crippen molar-refractivity contribution in [3.05, 3.63) is 99.8 Å². The lowest BCUT2D eigenvalue weighted by Crippen LogP contribution is -2.03. The van der Waals surface area contributed by atoms with E-state index in [-0.39, 0.29) is 5.69 Å². The van der Waals surface area contributed by atoms with Crippen LogP contribution in [0.25, 0.3) is 39.2 Å².